The first-order chi connectivity index (χ1) is 8.69. The average Bonchev–Trinajstić information content (AvgIpc) is 2.41. The molecule has 0 saturated heterocycles. The van der Waals surface area contributed by atoms with Gasteiger partial charge in [-0.25, -0.2) is 0 Å². The number of nitriles is 1. The number of benzene rings is 1. The van der Waals surface area contributed by atoms with Crippen molar-refractivity contribution in [2.24, 2.45) is 0 Å². The number of nitrogens with one attached hydrogen (secondary N) is 1. The van der Waals surface area contributed by atoms with Crippen molar-refractivity contribution in [3.05, 3.63) is 35.4 Å². The lowest BCUT2D eigenvalue weighted by Gasteiger charge is -2.26. The van der Waals surface area contributed by atoms with Crippen molar-refractivity contribution in [3.63, 3.8) is 0 Å². The van der Waals surface area contributed by atoms with Crippen LogP contribution in [0.1, 0.15) is 41.6 Å². The second-order valence-corrected chi connectivity index (χ2v) is 5.91. The molecule has 0 aliphatic heterocycles. The van der Waals surface area contributed by atoms with E-state index in [9.17, 15) is 4.79 Å². The number of hydrogen-bond donors (Lipinski definition) is 1. The Kier molecular flexibility index (Phi) is 4.38. The number of rotatable bonds is 2. The summed E-state index contributed by atoms with van der Waals surface area (Å²) in [5.74, 6) is -0.0786. The third kappa shape index (κ3) is 3.33. The molecule has 94 valence electrons. The van der Waals surface area contributed by atoms with Crippen molar-refractivity contribution in [2.75, 3.05) is 0 Å². The predicted octanol–water partition coefficient (Wildman–Crippen LogP) is 2.99. The zero-order valence-corrected chi connectivity index (χ0v) is 11.6. The lowest BCUT2D eigenvalue weighted by molar-refractivity contribution is 0.0928. The Labute approximate surface area is 115 Å². The molecule has 0 spiro atoms. The van der Waals surface area contributed by atoms with Crippen molar-refractivity contribution < 1.29 is 4.79 Å². The summed E-state index contributed by atoms with van der Waals surface area (Å²) in [6.45, 7) is 0. The largest absolute Gasteiger partial charge is 0.349 e. The van der Waals surface area contributed by atoms with Gasteiger partial charge in [0, 0.05) is 16.4 Å². The summed E-state index contributed by atoms with van der Waals surface area (Å²) in [6, 6.07) is 9.12. The maximum atomic E-state index is 12.0. The van der Waals surface area contributed by atoms with Crippen LogP contribution in [0.5, 0.6) is 0 Å². The maximum absolute atomic E-state index is 12.0. The third-order valence-electron chi connectivity index (χ3n) is 3.25. The molecule has 4 heteroatoms. The molecule has 0 unspecified atom stereocenters. The molecule has 2 rings (SSSR count). The first-order valence-corrected chi connectivity index (χ1v) is 7.05. The van der Waals surface area contributed by atoms with Crippen molar-refractivity contribution in [1.29, 1.82) is 5.26 Å². The van der Waals surface area contributed by atoms with Gasteiger partial charge in [-0.1, -0.05) is 22.0 Å². The molecule has 1 fully saturated rings. The highest BCUT2D eigenvalue weighted by Gasteiger charge is 2.21. The molecule has 0 atom stereocenters. The van der Waals surface area contributed by atoms with Crippen LogP contribution in [0.15, 0.2) is 24.3 Å². The zero-order chi connectivity index (χ0) is 13.0. The van der Waals surface area contributed by atoms with E-state index in [-0.39, 0.29) is 11.9 Å². The average molecular weight is 307 g/mol. The van der Waals surface area contributed by atoms with Gasteiger partial charge >= 0.3 is 0 Å². The molecular weight excluding hydrogens is 292 g/mol. The summed E-state index contributed by atoms with van der Waals surface area (Å²) in [6.07, 6.45) is 4.23. The van der Waals surface area contributed by atoms with E-state index in [1.807, 2.05) is 6.07 Å². The highest BCUT2D eigenvalue weighted by atomic mass is 79.9. The highest BCUT2D eigenvalue weighted by molar-refractivity contribution is 9.09. The zero-order valence-electron chi connectivity index (χ0n) is 10.0. The van der Waals surface area contributed by atoms with E-state index < -0.39 is 0 Å². The minimum atomic E-state index is -0.0786. The molecule has 1 aliphatic carbocycles. The summed E-state index contributed by atoms with van der Waals surface area (Å²) in [5.41, 5.74) is 1.09. The van der Waals surface area contributed by atoms with Gasteiger partial charge < -0.3 is 5.32 Å². The first kappa shape index (κ1) is 13.1. The van der Waals surface area contributed by atoms with E-state index in [1.165, 1.54) is 0 Å². The predicted molar refractivity (Wildman–Crippen MR) is 73.6 cm³/mol. The molecule has 0 heterocycles. The highest BCUT2D eigenvalue weighted by Crippen LogP contribution is 2.24. The summed E-state index contributed by atoms with van der Waals surface area (Å²) >= 11 is 3.60. The van der Waals surface area contributed by atoms with Gasteiger partial charge in [0.05, 0.1) is 11.6 Å². The monoisotopic (exact) mass is 306 g/mol. The van der Waals surface area contributed by atoms with Crippen LogP contribution in [0.25, 0.3) is 0 Å². The fraction of sp³-hybridized carbons (Fsp3) is 0.429. The van der Waals surface area contributed by atoms with Gasteiger partial charge in [-0.2, -0.15) is 5.26 Å². The Balaban J connectivity index is 1.97. The van der Waals surface area contributed by atoms with E-state index in [2.05, 4.69) is 21.2 Å². The van der Waals surface area contributed by atoms with Crippen LogP contribution < -0.4 is 5.32 Å². The van der Waals surface area contributed by atoms with E-state index >= 15 is 0 Å². The fourth-order valence-electron chi connectivity index (χ4n) is 2.20. The Hall–Kier alpha value is -1.34. The molecule has 1 aliphatic rings. The van der Waals surface area contributed by atoms with Crippen molar-refractivity contribution in [3.8, 4) is 6.07 Å². The van der Waals surface area contributed by atoms with Gasteiger partial charge in [0.2, 0.25) is 0 Å². The number of halogens is 1. The van der Waals surface area contributed by atoms with Crippen LogP contribution in [0.4, 0.5) is 0 Å². The Morgan fingerprint density at radius 2 is 2.06 bits per heavy atom. The minimum Gasteiger partial charge on any atom is -0.349 e. The number of nitrogens with zero attached hydrogens (tertiary/aromatic N) is 1. The molecule has 18 heavy (non-hydrogen) atoms. The third-order valence-corrected chi connectivity index (χ3v) is 4.16. The maximum Gasteiger partial charge on any atom is 0.251 e. The molecular formula is C14H15BrN2O. The van der Waals surface area contributed by atoms with Gasteiger partial charge in [-0.05, 0) is 43.9 Å². The summed E-state index contributed by atoms with van der Waals surface area (Å²) < 4.78 is 0. The number of amides is 1. The summed E-state index contributed by atoms with van der Waals surface area (Å²) in [7, 11) is 0. The van der Waals surface area contributed by atoms with Crippen molar-refractivity contribution in [2.45, 2.75) is 36.6 Å². The van der Waals surface area contributed by atoms with Gasteiger partial charge in [-0.15, -0.1) is 0 Å². The summed E-state index contributed by atoms with van der Waals surface area (Å²) in [5, 5.41) is 11.8. The van der Waals surface area contributed by atoms with Crippen LogP contribution >= 0.6 is 15.9 Å². The van der Waals surface area contributed by atoms with E-state index in [0.29, 0.717) is 16.0 Å². The molecule has 0 radical (unpaired) electrons. The second-order valence-electron chi connectivity index (χ2n) is 4.61. The number of hydrogen-bond acceptors (Lipinski definition) is 2. The smallest absolute Gasteiger partial charge is 0.251 e. The van der Waals surface area contributed by atoms with Crippen molar-refractivity contribution in [1.82, 2.24) is 5.32 Å². The second kappa shape index (κ2) is 6.01. The molecule has 1 N–H and O–H groups in total. The molecule has 0 aromatic heterocycles. The van der Waals surface area contributed by atoms with Crippen molar-refractivity contribution >= 4 is 21.8 Å². The molecule has 1 aromatic rings. The van der Waals surface area contributed by atoms with Crippen LogP contribution in [-0.4, -0.2) is 16.8 Å². The quantitative estimate of drug-likeness (QED) is 0.854. The molecule has 1 amide bonds. The fourth-order valence-corrected chi connectivity index (χ4v) is 2.72. The number of alkyl halides is 1. The van der Waals surface area contributed by atoms with Gasteiger partial charge in [0.15, 0.2) is 0 Å². The van der Waals surface area contributed by atoms with Crippen LogP contribution in [0.2, 0.25) is 0 Å². The molecule has 1 aromatic carbocycles. The standard InChI is InChI=1S/C14H15BrN2O/c15-12-4-6-13(7-5-12)17-14(18)11-3-1-2-10(8-11)9-16/h1-3,8,12-13H,4-7H2,(H,17,18). The van der Waals surface area contributed by atoms with Crippen LogP contribution in [0.3, 0.4) is 0 Å². The van der Waals surface area contributed by atoms with Gasteiger partial charge in [-0.3, -0.25) is 4.79 Å². The van der Waals surface area contributed by atoms with E-state index in [1.54, 1.807) is 24.3 Å². The van der Waals surface area contributed by atoms with E-state index in [4.69, 9.17) is 5.26 Å². The molecule has 1 saturated carbocycles. The number of carbonyl (C=O) groups excluding carboxylic acids is 1. The minimum absolute atomic E-state index is 0.0786. The van der Waals surface area contributed by atoms with Crippen LogP contribution in [0, 0.1) is 11.3 Å². The summed E-state index contributed by atoms with van der Waals surface area (Å²) in [4.78, 5) is 12.6. The topological polar surface area (TPSA) is 52.9 Å². The Bertz CT molecular complexity index is 473. The number of carbonyl (C=O) groups is 1. The van der Waals surface area contributed by atoms with E-state index in [0.717, 1.165) is 25.7 Å². The Morgan fingerprint density at radius 1 is 1.33 bits per heavy atom. The lowest BCUT2D eigenvalue weighted by atomic mass is 9.95. The molecule has 0 bridgehead atoms. The normalized spacial score (nSPS) is 23.1. The SMILES string of the molecule is N#Cc1cccc(C(=O)NC2CCC(Br)CC2)c1. The lowest BCUT2D eigenvalue weighted by Crippen LogP contribution is -2.37. The first-order valence-electron chi connectivity index (χ1n) is 6.14. The Morgan fingerprint density at radius 3 is 2.72 bits per heavy atom. The van der Waals surface area contributed by atoms with Gasteiger partial charge in [0.25, 0.3) is 5.91 Å². The van der Waals surface area contributed by atoms with Crippen LogP contribution in [-0.2, 0) is 0 Å². The molecule has 3 nitrogen and oxygen atoms in total. The van der Waals surface area contributed by atoms with Gasteiger partial charge in [0.1, 0.15) is 0 Å².